The first kappa shape index (κ1) is 23.6. The Morgan fingerprint density at radius 3 is 2.25 bits per heavy atom. The van der Waals surface area contributed by atoms with Crippen LogP contribution in [0.2, 0.25) is 0 Å². The number of carboxylic acid groups (broad SMARTS) is 2. The molecule has 1 aliphatic heterocycles. The third-order valence-corrected chi connectivity index (χ3v) is 4.82. The summed E-state index contributed by atoms with van der Waals surface area (Å²) in [5, 5.41) is 14.8. The topological polar surface area (TPSA) is 107 Å². The van der Waals surface area contributed by atoms with Crippen molar-refractivity contribution in [2.24, 2.45) is 5.92 Å². The number of carboxylic acids is 2. The van der Waals surface area contributed by atoms with Crippen LogP contribution in [0.3, 0.4) is 0 Å². The summed E-state index contributed by atoms with van der Waals surface area (Å²) in [5.74, 6) is -3.23. The van der Waals surface area contributed by atoms with Gasteiger partial charge in [-0.05, 0) is 45.0 Å². The average molecular weight is 394 g/mol. The van der Waals surface area contributed by atoms with E-state index in [1.807, 2.05) is 0 Å². The van der Waals surface area contributed by atoms with E-state index in [9.17, 15) is 4.79 Å². The standard InChI is InChI=1S/C18H28N2O2.C2H2O4/c1-19(2)17-11-12-20(13-15-7-5-4-6-8-15)14-16(17)9-10-18(21)22-3;3-1(4)2(5)6/h4-8,16-17H,9-14H2,1-3H3;(H,3,4)(H,5,6). The van der Waals surface area contributed by atoms with E-state index in [0.717, 1.165) is 32.5 Å². The predicted octanol–water partition coefficient (Wildman–Crippen LogP) is 1.55. The van der Waals surface area contributed by atoms with Crippen LogP contribution in [-0.4, -0.2) is 78.3 Å². The first-order valence-corrected chi connectivity index (χ1v) is 9.20. The maximum Gasteiger partial charge on any atom is 0.414 e. The van der Waals surface area contributed by atoms with Crippen molar-refractivity contribution in [2.75, 3.05) is 34.3 Å². The zero-order valence-electron chi connectivity index (χ0n) is 16.7. The van der Waals surface area contributed by atoms with Crippen molar-refractivity contribution in [3.8, 4) is 0 Å². The Hall–Kier alpha value is -2.45. The number of carbonyl (C=O) groups excluding carboxylic acids is 1. The van der Waals surface area contributed by atoms with Crippen molar-refractivity contribution in [3.63, 3.8) is 0 Å². The van der Waals surface area contributed by atoms with Crippen LogP contribution < -0.4 is 0 Å². The molecule has 1 saturated heterocycles. The summed E-state index contributed by atoms with van der Waals surface area (Å²) in [4.78, 5) is 34.5. The second-order valence-corrected chi connectivity index (χ2v) is 7.03. The van der Waals surface area contributed by atoms with Crippen molar-refractivity contribution < 1.29 is 29.3 Å². The van der Waals surface area contributed by atoms with Gasteiger partial charge in [0.05, 0.1) is 7.11 Å². The highest BCUT2D eigenvalue weighted by Gasteiger charge is 2.30. The predicted molar refractivity (Wildman–Crippen MR) is 104 cm³/mol. The van der Waals surface area contributed by atoms with Gasteiger partial charge in [0.25, 0.3) is 0 Å². The number of hydrogen-bond acceptors (Lipinski definition) is 6. The molecule has 0 radical (unpaired) electrons. The Bertz CT molecular complexity index is 623. The molecule has 1 aromatic carbocycles. The summed E-state index contributed by atoms with van der Waals surface area (Å²) in [7, 11) is 5.75. The molecule has 2 atom stereocenters. The summed E-state index contributed by atoms with van der Waals surface area (Å²) in [6.07, 6.45) is 2.58. The fraction of sp³-hybridized carbons (Fsp3) is 0.550. The molecule has 8 nitrogen and oxygen atoms in total. The number of hydrogen-bond donors (Lipinski definition) is 2. The van der Waals surface area contributed by atoms with Gasteiger partial charge < -0.3 is 19.8 Å². The third-order valence-electron chi connectivity index (χ3n) is 4.82. The van der Waals surface area contributed by atoms with Gasteiger partial charge in [0, 0.05) is 25.6 Å². The molecule has 1 heterocycles. The minimum Gasteiger partial charge on any atom is -0.473 e. The first-order chi connectivity index (χ1) is 13.2. The van der Waals surface area contributed by atoms with Crippen LogP contribution in [0.15, 0.2) is 30.3 Å². The number of benzene rings is 1. The Kier molecular flexibility index (Phi) is 10.2. The molecule has 2 rings (SSSR count). The molecular weight excluding hydrogens is 364 g/mol. The number of methoxy groups -OCH3 is 1. The Balaban J connectivity index is 0.000000568. The van der Waals surface area contributed by atoms with Crippen LogP contribution in [-0.2, 0) is 25.7 Å². The maximum atomic E-state index is 11.5. The van der Waals surface area contributed by atoms with Crippen molar-refractivity contribution in [1.29, 1.82) is 0 Å². The lowest BCUT2D eigenvalue weighted by Gasteiger charge is -2.41. The molecule has 156 valence electrons. The molecule has 1 fully saturated rings. The molecule has 0 saturated carbocycles. The summed E-state index contributed by atoms with van der Waals surface area (Å²) >= 11 is 0. The van der Waals surface area contributed by atoms with Gasteiger partial charge >= 0.3 is 17.9 Å². The van der Waals surface area contributed by atoms with E-state index in [1.54, 1.807) is 0 Å². The van der Waals surface area contributed by atoms with E-state index >= 15 is 0 Å². The maximum absolute atomic E-state index is 11.5. The Morgan fingerprint density at radius 2 is 1.75 bits per heavy atom. The van der Waals surface area contributed by atoms with E-state index in [4.69, 9.17) is 24.5 Å². The summed E-state index contributed by atoms with van der Waals surface area (Å²) in [5.41, 5.74) is 1.36. The van der Waals surface area contributed by atoms with Crippen LogP contribution in [0.25, 0.3) is 0 Å². The fourth-order valence-corrected chi connectivity index (χ4v) is 3.45. The SMILES string of the molecule is COC(=O)CCC1CN(Cc2ccccc2)CCC1N(C)C.O=C(O)C(=O)O. The fourth-order valence-electron chi connectivity index (χ4n) is 3.45. The van der Waals surface area contributed by atoms with Gasteiger partial charge in [0.2, 0.25) is 0 Å². The molecule has 0 amide bonds. The molecule has 0 aromatic heterocycles. The lowest BCUT2D eigenvalue weighted by molar-refractivity contribution is -0.159. The normalized spacial score (nSPS) is 19.4. The van der Waals surface area contributed by atoms with Gasteiger partial charge in [0.1, 0.15) is 0 Å². The lowest BCUT2D eigenvalue weighted by Crippen LogP contribution is -2.48. The Morgan fingerprint density at radius 1 is 1.14 bits per heavy atom. The highest BCUT2D eigenvalue weighted by molar-refractivity contribution is 6.27. The minimum atomic E-state index is -1.82. The van der Waals surface area contributed by atoms with Gasteiger partial charge in [-0.2, -0.15) is 0 Å². The van der Waals surface area contributed by atoms with Crippen molar-refractivity contribution in [2.45, 2.75) is 31.8 Å². The van der Waals surface area contributed by atoms with Gasteiger partial charge in [-0.1, -0.05) is 30.3 Å². The molecule has 28 heavy (non-hydrogen) atoms. The van der Waals surface area contributed by atoms with E-state index < -0.39 is 11.9 Å². The molecular formula is C20H30N2O6. The largest absolute Gasteiger partial charge is 0.473 e. The van der Waals surface area contributed by atoms with E-state index in [2.05, 4.69) is 54.2 Å². The van der Waals surface area contributed by atoms with Crippen LogP contribution in [0, 0.1) is 5.92 Å². The summed E-state index contributed by atoms with van der Waals surface area (Å²) < 4.78 is 4.79. The van der Waals surface area contributed by atoms with Crippen molar-refractivity contribution in [3.05, 3.63) is 35.9 Å². The summed E-state index contributed by atoms with van der Waals surface area (Å²) in [6.45, 7) is 3.16. The van der Waals surface area contributed by atoms with E-state index in [-0.39, 0.29) is 5.97 Å². The molecule has 0 bridgehead atoms. The monoisotopic (exact) mass is 394 g/mol. The number of carbonyl (C=O) groups is 3. The van der Waals surface area contributed by atoms with Gasteiger partial charge in [0.15, 0.2) is 0 Å². The number of nitrogens with zero attached hydrogens (tertiary/aromatic N) is 2. The average Bonchev–Trinajstić information content (AvgIpc) is 2.67. The number of piperidine rings is 1. The molecule has 2 unspecified atom stereocenters. The number of ether oxygens (including phenoxy) is 1. The van der Waals surface area contributed by atoms with Crippen LogP contribution >= 0.6 is 0 Å². The van der Waals surface area contributed by atoms with E-state index in [1.165, 1.54) is 12.7 Å². The van der Waals surface area contributed by atoms with Crippen LogP contribution in [0.1, 0.15) is 24.8 Å². The number of rotatable bonds is 6. The molecule has 2 N–H and O–H groups in total. The van der Waals surface area contributed by atoms with E-state index in [0.29, 0.717) is 18.4 Å². The van der Waals surface area contributed by atoms with Gasteiger partial charge in [-0.25, -0.2) is 9.59 Å². The highest BCUT2D eigenvalue weighted by atomic mass is 16.5. The molecule has 8 heteroatoms. The van der Waals surface area contributed by atoms with Crippen molar-refractivity contribution in [1.82, 2.24) is 9.80 Å². The van der Waals surface area contributed by atoms with Gasteiger partial charge in [-0.15, -0.1) is 0 Å². The molecule has 1 aliphatic rings. The smallest absolute Gasteiger partial charge is 0.414 e. The van der Waals surface area contributed by atoms with Gasteiger partial charge in [-0.3, -0.25) is 9.69 Å². The van der Waals surface area contributed by atoms with Crippen molar-refractivity contribution >= 4 is 17.9 Å². The van der Waals surface area contributed by atoms with Crippen LogP contribution in [0.4, 0.5) is 0 Å². The minimum absolute atomic E-state index is 0.0994. The zero-order chi connectivity index (χ0) is 21.1. The number of aliphatic carboxylic acids is 2. The summed E-state index contributed by atoms with van der Waals surface area (Å²) in [6, 6.07) is 11.2. The molecule has 0 spiro atoms. The molecule has 1 aromatic rings. The Labute approximate surface area is 165 Å². The first-order valence-electron chi connectivity index (χ1n) is 9.20. The third kappa shape index (κ3) is 8.49. The quantitative estimate of drug-likeness (QED) is 0.553. The molecule has 0 aliphatic carbocycles. The number of esters is 1. The second-order valence-electron chi connectivity index (χ2n) is 7.03. The highest BCUT2D eigenvalue weighted by Crippen LogP contribution is 2.26. The lowest BCUT2D eigenvalue weighted by atomic mass is 9.87. The van der Waals surface area contributed by atoms with Crippen LogP contribution in [0.5, 0.6) is 0 Å². The zero-order valence-corrected chi connectivity index (χ0v) is 16.7. The second kappa shape index (κ2) is 12.1. The number of likely N-dealkylation sites (tertiary alicyclic amines) is 1.